The van der Waals surface area contributed by atoms with Gasteiger partial charge in [-0.1, -0.05) is 0 Å². The van der Waals surface area contributed by atoms with E-state index in [1.807, 2.05) is 0 Å². The summed E-state index contributed by atoms with van der Waals surface area (Å²) in [6.45, 7) is 8.90. The van der Waals surface area contributed by atoms with Gasteiger partial charge in [0.25, 0.3) is 0 Å². The summed E-state index contributed by atoms with van der Waals surface area (Å²) in [4.78, 5) is 37.6. The average molecular weight is 314 g/mol. The van der Waals surface area contributed by atoms with Gasteiger partial charge in [-0.2, -0.15) is 0 Å². The Kier molecular flexibility index (Phi) is 5.43. The monoisotopic (exact) mass is 314 g/mol. The molecule has 1 saturated heterocycles. The zero-order valence-electron chi connectivity index (χ0n) is 14.2. The number of nitrogens with one attached hydrogen (secondary N) is 1. The molecule has 7 heteroatoms. The number of hydrogen-bond acceptors (Lipinski definition) is 5. The number of nitrogens with zero attached hydrogens (tertiary/aromatic N) is 1. The fourth-order valence-electron chi connectivity index (χ4n) is 2.28. The number of ether oxygens (including phenoxy) is 2. The summed E-state index contributed by atoms with van der Waals surface area (Å²) in [6.07, 6.45) is 0.749. The molecule has 1 aliphatic heterocycles. The first-order valence-electron chi connectivity index (χ1n) is 7.38. The lowest BCUT2D eigenvalue weighted by molar-refractivity contribution is -0.149. The lowest BCUT2D eigenvalue weighted by Gasteiger charge is -2.30. The number of esters is 1. The Morgan fingerprint density at radius 3 is 2.23 bits per heavy atom. The van der Waals surface area contributed by atoms with E-state index in [1.54, 1.807) is 34.6 Å². The Hall–Kier alpha value is -1.79. The van der Waals surface area contributed by atoms with Gasteiger partial charge in [0.1, 0.15) is 17.2 Å². The van der Waals surface area contributed by atoms with E-state index in [-0.39, 0.29) is 5.91 Å². The van der Waals surface area contributed by atoms with Gasteiger partial charge in [-0.25, -0.2) is 9.59 Å². The summed E-state index contributed by atoms with van der Waals surface area (Å²) in [5.41, 5.74) is -1.76. The van der Waals surface area contributed by atoms with Crippen LogP contribution < -0.4 is 5.32 Å². The van der Waals surface area contributed by atoms with Crippen LogP contribution in [0.15, 0.2) is 0 Å². The van der Waals surface area contributed by atoms with E-state index >= 15 is 0 Å². The second-order valence-corrected chi connectivity index (χ2v) is 6.94. The van der Waals surface area contributed by atoms with Crippen molar-refractivity contribution in [1.29, 1.82) is 0 Å². The van der Waals surface area contributed by atoms with E-state index in [2.05, 4.69) is 10.1 Å². The van der Waals surface area contributed by atoms with Crippen molar-refractivity contribution in [3.8, 4) is 0 Å². The highest BCUT2D eigenvalue weighted by molar-refractivity contribution is 5.91. The van der Waals surface area contributed by atoms with Crippen LogP contribution in [0.2, 0.25) is 0 Å². The van der Waals surface area contributed by atoms with Gasteiger partial charge in [0, 0.05) is 6.54 Å². The molecule has 1 heterocycles. The quantitative estimate of drug-likeness (QED) is 0.797. The van der Waals surface area contributed by atoms with E-state index in [0.717, 1.165) is 6.42 Å². The molecule has 1 fully saturated rings. The maximum absolute atomic E-state index is 12.4. The van der Waals surface area contributed by atoms with E-state index < -0.39 is 29.2 Å². The predicted octanol–water partition coefficient (Wildman–Crippen LogP) is 1.45. The normalized spacial score (nSPS) is 18.8. The van der Waals surface area contributed by atoms with Crippen molar-refractivity contribution < 1.29 is 23.9 Å². The van der Waals surface area contributed by atoms with Crippen LogP contribution >= 0.6 is 0 Å². The highest BCUT2D eigenvalue weighted by Gasteiger charge is 2.40. The summed E-state index contributed by atoms with van der Waals surface area (Å²) in [5, 5.41) is 2.63. The van der Waals surface area contributed by atoms with Gasteiger partial charge < -0.3 is 14.8 Å². The number of carbonyl (C=O) groups excluding carboxylic acids is 3. The van der Waals surface area contributed by atoms with Gasteiger partial charge in [0.2, 0.25) is 5.91 Å². The molecule has 0 aliphatic carbocycles. The third kappa shape index (κ3) is 4.61. The van der Waals surface area contributed by atoms with Gasteiger partial charge in [0.05, 0.1) is 7.11 Å². The number of methoxy groups -OCH3 is 1. The lowest BCUT2D eigenvalue weighted by atomic mass is 10.0. The van der Waals surface area contributed by atoms with Crippen LogP contribution in [-0.4, -0.2) is 53.7 Å². The molecule has 0 radical (unpaired) electrons. The molecule has 7 nitrogen and oxygen atoms in total. The van der Waals surface area contributed by atoms with Crippen molar-refractivity contribution in [3.63, 3.8) is 0 Å². The third-order valence-electron chi connectivity index (χ3n) is 3.31. The van der Waals surface area contributed by atoms with Crippen LogP contribution in [0.3, 0.4) is 0 Å². The standard InChI is InChI=1S/C15H26N2O5/c1-14(2,3)22-13(20)17-9-7-8-10(17)11(18)16-15(4,5)12(19)21-6/h10H,7-9H2,1-6H3,(H,16,18). The van der Waals surface area contributed by atoms with Crippen LogP contribution in [0.25, 0.3) is 0 Å². The maximum Gasteiger partial charge on any atom is 0.410 e. The molecule has 1 aliphatic rings. The second-order valence-electron chi connectivity index (χ2n) is 6.94. The minimum atomic E-state index is -1.14. The minimum Gasteiger partial charge on any atom is -0.467 e. The highest BCUT2D eigenvalue weighted by atomic mass is 16.6. The van der Waals surface area contributed by atoms with E-state index in [9.17, 15) is 14.4 Å². The van der Waals surface area contributed by atoms with Gasteiger partial charge in [0.15, 0.2) is 0 Å². The number of likely N-dealkylation sites (tertiary alicyclic amines) is 1. The molecule has 1 rings (SSSR count). The van der Waals surface area contributed by atoms with Crippen LogP contribution in [-0.2, 0) is 19.1 Å². The molecule has 0 aromatic carbocycles. The zero-order valence-corrected chi connectivity index (χ0v) is 14.2. The van der Waals surface area contributed by atoms with Gasteiger partial charge in [-0.3, -0.25) is 9.69 Å². The molecule has 0 aromatic rings. The second kappa shape index (κ2) is 6.54. The molecule has 0 bridgehead atoms. The molecule has 1 N–H and O–H groups in total. The Balaban J connectivity index is 2.76. The summed E-state index contributed by atoms with van der Waals surface area (Å²) in [7, 11) is 1.26. The largest absolute Gasteiger partial charge is 0.467 e. The fourth-order valence-corrected chi connectivity index (χ4v) is 2.28. The summed E-state index contributed by atoms with van der Waals surface area (Å²) in [6, 6.07) is -0.626. The first-order chi connectivity index (χ1) is 9.98. The van der Waals surface area contributed by atoms with Gasteiger partial charge in [-0.15, -0.1) is 0 Å². The maximum atomic E-state index is 12.4. The van der Waals surface area contributed by atoms with E-state index in [0.29, 0.717) is 13.0 Å². The summed E-state index contributed by atoms with van der Waals surface area (Å²) in [5.74, 6) is -0.915. The molecule has 2 amide bonds. The van der Waals surface area contributed by atoms with Gasteiger partial charge in [-0.05, 0) is 47.5 Å². The van der Waals surface area contributed by atoms with Gasteiger partial charge >= 0.3 is 12.1 Å². The molecular formula is C15H26N2O5. The van der Waals surface area contributed by atoms with Crippen LogP contribution in [0.4, 0.5) is 4.79 Å². The molecule has 1 atom stereocenters. The summed E-state index contributed by atoms with van der Waals surface area (Å²) >= 11 is 0. The lowest BCUT2D eigenvalue weighted by Crippen LogP contribution is -2.56. The Morgan fingerprint density at radius 1 is 1.14 bits per heavy atom. The molecule has 126 valence electrons. The van der Waals surface area contributed by atoms with Crippen LogP contribution in [0.1, 0.15) is 47.5 Å². The summed E-state index contributed by atoms with van der Waals surface area (Å²) < 4.78 is 9.98. The molecular weight excluding hydrogens is 288 g/mol. The molecule has 1 unspecified atom stereocenters. The zero-order chi connectivity index (χ0) is 17.1. The van der Waals surface area contributed by atoms with Crippen LogP contribution in [0.5, 0.6) is 0 Å². The SMILES string of the molecule is COC(=O)C(C)(C)NC(=O)C1CCCN1C(=O)OC(C)(C)C. The molecule has 0 spiro atoms. The number of hydrogen-bond donors (Lipinski definition) is 1. The molecule has 0 aromatic heterocycles. The number of amides is 2. The Labute approximate surface area is 131 Å². The number of carbonyl (C=O) groups is 3. The first-order valence-corrected chi connectivity index (χ1v) is 7.38. The molecule has 0 saturated carbocycles. The van der Waals surface area contributed by atoms with Crippen molar-refractivity contribution in [2.24, 2.45) is 0 Å². The van der Waals surface area contributed by atoms with Crippen molar-refractivity contribution in [2.45, 2.75) is 64.6 Å². The van der Waals surface area contributed by atoms with Crippen molar-refractivity contribution >= 4 is 18.0 Å². The van der Waals surface area contributed by atoms with Crippen LogP contribution in [0, 0.1) is 0 Å². The third-order valence-corrected chi connectivity index (χ3v) is 3.31. The van der Waals surface area contributed by atoms with Crippen molar-refractivity contribution in [3.05, 3.63) is 0 Å². The van der Waals surface area contributed by atoms with Crippen molar-refractivity contribution in [2.75, 3.05) is 13.7 Å². The Bertz CT molecular complexity index is 453. The fraction of sp³-hybridized carbons (Fsp3) is 0.800. The average Bonchev–Trinajstić information content (AvgIpc) is 2.84. The number of rotatable bonds is 3. The van der Waals surface area contributed by atoms with E-state index in [1.165, 1.54) is 12.0 Å². The highest BCUT2D eigenvalue weighted by Crippen LogP contribution is 2.21. The van der Waals surface area contributed by atoms with E-state index in [4.69, 9.17) is 4.74 Å². The smallest absolute Gasteiger partial charge is 0.410 e. The predicted molar refractivity (Wildman–Crippen MR) is 80.2 cm³/mol. The first kappa shape index (κ1) is 18.3. The Morgan fingerprint density at radius 2 is 1.73 bits per heavy atom. The van der Waals surface area contributed by atoms with Crippen molar-refractivity contribution in [1.82, 2.24) is 10.2 Å². The topological polar surface area (TPSA) is 84.9 Å². The minimum absolute atomic E-state index is 0.376. The molecule has 22 heavy (non-hydrogen) atoms.